The van der Waals surface area contributed by atoms with E-state index in [0.717, 1.165) is 16.7 Å². The van der Waals surface area contributed by atoms with E-state index < -0.39 is 12.0 Å². The number of allylic oxidation sites excluding steroid dienone is 1. The number of rotatable bonds is 9. The van der Waals surface area contributed by atoms with Crippen molar-refractivity contribution in [2.45, 2.75) is 46.4 Å². The number of hydrogen-bond acceptors (Lipinski definition) is 7. The summed E-state index contributed by atoms with van der Waals surface area (Å²) in [5.74, 6) is 0.843. The Labute approximate surface area is 253 Å². The zero-order valence-corrected chi connectivity index (χ0v) is 25.4. The summed E-state index contributed by atoms with van der Waals surface area (Å²) in [6, 6.07) is 21.7. The van der Waals surface area contributed by atoms with Gasteiger partial charge >= 0.3 is 5.97 Å². The number of halogens is 1. The topological polar surface area (TPSA) is 79.1 Å². The summed E-state index contributed by atoms with van der Waals surface area (Å²) >= 11 is 7.28. The smallest absolute Gasteiger partial charge is 0.338 e. The minimum absolute atomic E-state index is 0.257. The average Bonchev–Trinajstić information content (AvgIpc) is 3.27. The Morgan fingerprint density at radius 2 is 1.76 bits per heavy atom. The fourth-order valence-corrected chi connectivity index (χ4v) is 5.87. The molecule has 2 heterocycles. The van der Waals surface area contributed by atoms with E-state index in [0.29, 0.717) is 50.3 Å². The van der Waals surface area contributed by atoms with Gasteiger partial charge in [0.05, 0.1) is 34.6 Å². The summed E-state index contributed by atoms with van der Waals surface area (Å²) in [4.78, 5) is 32.5. The van der Waals surface area contributed by atoms with Crippen LogP contribution in [0.15, 0.2) is 93.9 Å². The molecule has 42 heavy (non-hydrogen) atoms. The number of aromatic nitrogens is 1. The van der Waals surface area contributed by atoms with Crippen LogP contribution in [0.2, 0.25) is 5.02 Å². The number of benzene rings is 3. The first-order valence-corrected chi connectivity index (χ1v) is 14.9. The first kappa shape index (κ1) is 29.4. The van der Waals surface area contributed by atoms with Gasteiger partial charge < -0.3 is 14.2 Å². The first-order chi connectivity index (χ1) is 20.2. The highest BCUT2D eigenvalue weighted by molar-refractivity contribution is 7.07. The van der Waals surface area contributed by atoms with Crippen molar-refractivity contribution < 1.29 is 19.0 Å². The molecule has 4 aromatic rings. The molecule has 1 aliphatic heterocycles. The van der Waals surface area contributed by atoms with Crippen LogP contribution >= 0.6 is 22.9 Å². The van der Waals surface area contributed by atoms with Crippen molar-refractivity contribution in [3.8, 4) is 11.5 Å². The van der Waals surface area contributed by atoms with Gasteiger partial charge in [0.1, 0.15) is 18.1 Å². The molecule has 0 fully saturated rings. The van der Waals surface area contributed by atoms with Crippen molar-refractivity contribution in [1.29, 1.82) is 0 Å². The molecule has 3 aromatic carbocycles. The molecule has 1 aliphatic rings. The highest BCUT2D eigenvalue weighted by Gasteiger charge is 2.33. The zero-order chi connectivity index (χ0) is 29.8. The second-order valence-corrected chi connectivity index (χ2v) is 11.4. The molecule has 0 bridgehead atoms. The number of esters is 1. The van der Waals surface area contributed by atoms with Crippen LogP contribution in [0, 0.1) is 0 Å². The molecule has 0 amide bonds. The Hall–Kier alpha value is -4.14. The molecule has 0 N–H and O–H groups in total. The lowest BCUT2D eigenvalue weighted by Gasteiger charge is -2.25. The molecular weight excluding hydrogens is 572 g/mol. The van der Waals surface area contributed by atoms with Gasteiger partial charge in [-0.2, -0.15) is 0 Å². The zero-order valence-electron chi connectivity index (χ0n) is 23.8. The largest absolute Gasteiger partial charge is 0.494 e. The minimum atomic E-state index is -0.707. The molecule has 5 rings (SSSR count). The van der Waals surface area contributed by atoms with Crippen molar-refractivity contribution in [3.63, 3.8) is 0 Å². The van der Waals surface area contributed by atoms with Crippen LogP contribution in [0.1, 0.15) is 50.4 Å². The molecule has 1 atom stereocenters. The molecule has 0 saturated carbocycles. The highest BCUT2D eigenvalue weighted by Crippen LogP contribution is 2.32. The summed E-state index contributed by atoms with van der Waals surface area (Å²) in [6.07, 6.45) is 1.48. The van der Waals surface area contributed by atoms with Gasteiger partial charge in [0.2, 0.25) is 0 Å². The number of hydrogen-bond donors (Lipinski definition) is 0. The molecule has 7 nitrogen and oxygen atoms in total. The van der Waals surface area contributed by atoms with Crippen LogP contribution < -0.4 is 24.4 Å². The fourth-order valence-electron chi connectivity index (χ4n) is 4.70. The number of nitrogens with zero attached hydrogens (tertiary/aromatic N) is 2. The van der Waals surface area contributed by atoms with E-state index in [9.17, 15) is 9.59 Å². The van der Waals surface area contributed by atoms with E-state index in [1.54, 1.807) is 25.3 Å². The standard InChI is InChI=1S/C33H31ClN2O5S/c1-5-39-26-16-12-23(13-17-26)30-29(32(38)41-20(2)3)21(4)35-33-36(30)31(37)28(42-33)18-24-8-6-7-9-27(24)40-19-22-10-14-25(34)15-11-22/h6-18,20,30H,5,19H2,1-4H3/b28-18+/t30-/m0/s1. The van der Waals surface area contributed by atoms with Crippen molar-refractivity contribution in [1.82, 2.24) is 4.57 Å². The molecular formula is C33H31ClN2O5S. The lowest BCUT2D eigenvalue weighted by molar-refractivity contribution is -0.143. The van der Waals surface area contributed by atoms with E-state index in [1.807, 2.05) is 85.8 Å². The van der Waals surface area contributed by atoms with Crippen molar-refractivity contribution >= 4 is 35.0 Å². The van der Waals surface area contributed by atoms with Crippen molar-refractivity contribution in [2.75, 3.05) is 6.61 Å². The Morgan fingerprint density at radius 3 is 2.45 bits per heavy atom. The van der Waals surface area contributed by atoms with Gasteiger partial charge in [-0.05, 0) is 75.2 Å². The maximum atomic E-state index is 14.0. The highest BCUT2D eigenvalue weighted by atomic mass is 35.5. The molecule has 0 aliphatic carbocycles. The van der Waals surface area contributed by atoms with Gasteiger partial charge in [-0.25, -0.2) is 9.79 Å². The molecule has 9 heteroatoms. The molecule has 0 spiro atoms. The maximum Gasteiger partial charge on any atom is 0.338 e. The molecule has 0 unspecified atom stereocenters. The third kappa shape index (κ3) is 6.35. The lowest BCUT2D eigenvalue weighted by Crippen LogP contribution is -2.40. The number of thiazole rings is 1. The third-order valence-electron chi connectivity index (χ3n) is 6.60. The van der Waals surface area contributed by atoms with Crippen LogP contribution in [0.3, 0.4) is 0 Å². The molecule has 0 saturated heterocycles. The quantitative estimate of drug-likeness (QED) is 0.226. The van der Waals surface area contributed by atoms with Crippen molar-refractivity contribution in [3.05, 3.63) is 125 Å². The average molecular weight is 603 g/mol. The van der Waals surface area contributed by atoms with Crippen LogP contribution in [0.5, 0.6) is 11.5 Å². The van der Waals surface area contributed by atoms with Gasteiger partial charge in [0.15, 0.2) is 4.80 Å². The fraction of sp³-hybridized carbons (Fsp3) is 0.242. The molecule has 1 aromatic heterocycles. The van der Waals surface area contributed by atoms with Gasteiger partial charge in [-0.15, -0.1) is 0 Å². The summed E-state index contributed by atoms with van der Waals surface area (Å²) in [6.45, 7) is 8.16. The van der Waals surface area contributed by atoms with Gasteiger partial charge in [-0.3, -0.25) is 9.36 Å². The Bertz CT molecular complexity index is 1800. The first-order valence-electron chi connectivity index (χ1n) is 13.7. The molecule has 216 valence electrons. The van der Waals surface area contributed by atoms with Crippen LogP contribution in [-0.2, 0) is 16.1 Å². The summed E-state index contributed by atoms with van der Waals surface area (Å²) in [5, 5.41) is 0.661. The molecule has 0 radical (unpaired) electrons. The van der Waals surface area contributed by atoms with Crippen LogP contribution in [-0.4, -0.2) is 23.2 Å². The van der Waals surface area contributed by atoms with E-state index in [-0.39, 0.29) is 11.7 Å². The Balaban J connectivity index is 1.58. The van der Waals surface area contributed by atoms with Crippen molar-refractivity contribution in [2.24, 2.45) is 4.99 Å². The Kier molecular flexibility index (Phi) is 8.94. The SMILES string of the molecule is CCOc1ccc([C@H]2C(C(=O)OC(C)C)=C(C)N=c3s/c(=C/c4ccccc4OCc4ccc(Cl)cc4)c(=O)n32)cc1. The van der Waals surface area contributed by atoms with Gasteiger partial charge in [0.25, 0.3) is 5.56 Å². The predicted octanol–water partition coefficient (Wildman–Crippen LogP) is 5.82. The minimum Gasteiger partial charge on any atom is -0.494 e. The predicted molar refractivity (Wildman–Crippen MR) is 165 cm³/mol. The number of fused-ring (bicyclic) bond motifs is 1. The second-order valence-electron chi connectivity index (χ2n) is 9.99. The Morgan fingerprint density at radius 1 is 1.05 bits per heavy atom. The normalized spacial score (nSPS) is 14.9. The monoisotopic (exact) mass is 602 g/mol. The third-order valence-corrected chi connectivity index (χ3v) is 7.84. The number of carbonyl (C=O) groups excluding carboxylic acids is 1. The van der Waals surface area contributed by atoms with Gasteiger partial charge in [0, 0.05) is 10.6 Å². The van der Waals surface area contributed by atoms with Crippen LogP contribution in [0.25, 0.3) is 6.08 Å². The van der Waals surface area contributed by atoms with E-state index >= 15 is 0 Å². The van der Waals surface area contributed by atoms with Crippen LogP contribution in [0.4, 0.5) is 0 Å². The summed E-state index contributed by atoms with van der Waals surface area (Å²) in [5.41, 5.74) is 3.07. The summed E-state index contributed by atoms with van der Waals surface area (Å²) < 4.78 is 19.4. The lowest BCUT2D eigenvalue weighted by atomic mass is 9.96. The summed E-state index contributed by atoms with van der Waals surface area (Å²) in [7, 11) is 0. The number of ether oxygens (including phenoxy) is 3. The second kappa shape index (κ2) is 12.8. The van der Waals surface area contributed by atoms with Gasteiger partial charge in [-0.1, -0.05) is 65.4 Å². The number of carbonyl (C=O) groups is 1. The van der Waals surface area contributed by atoms with E-state index in [4.69, 9.17) is 25.8 Å². The number of para-hydroxylation sites is 1. The van der Waals surface area contributed by atoms with E-state index in [1.165, 1.54) is 11.3 Å². The maximum absolute atomic E-state index is 14.0. The van der Waals surface area contributed by atoms with E-state index in [2.05, 4.69) is 4.99 Å².